The lowest BCUT2D eigenvalue weighted by Gasteiger charge is -2.25. The molecule has 74 valence electrons. The van der Waals surface area contributed by atoms with Gasteiger partial charge in [-0.15, -0.1) is 0 Å². The summed E-state index contributed by atoms with van der Waals surface area (Å²) in [5.41, 5.74) is 0.785. The van der Waals surface area contributed by atoms with Gasteiger partial charge in [0.15, 0.2) is 0 Å². The van der Waals surface area contributed by atoms with Gasteiger partial charge in [0.1, 0.15) is 0 Å². The summed E-state index contributed by atoms with van der Waals surface area (Å²) in [4.78, 5) is 0. The second-order valence-electron chi connectivity index (χ2n) is 2.92. The quantitative estimate of drug-likeness (QED) is 0.617. The molecule has 0 fully saturated rings. The van der Waals surface area contributed by atoms with Crippen LogP contribution in [0, 0.1) is 0 Å². The molecule has 6 heteroatoms. The van der Waals surface area contributed by atoms with Gasteiger partial charge in [0.2, 0.25) is 8.32 Å². The van der Waals surface area contributed by atoms with E-state index in [1.807, 2.05) is 6.55 Å². The Labute approximate surface area is 76.4 Å². The van der Waals surface area contributed by atoms with E-state index in [-0.39, 0.29) is 6.23 Å². The van der Waals surface area contributed by atoms with Gasteiger partial charge in [-0.25, -0.2) is 0 Å². The van der Waals surface area contributed by atoms with Crippen LogP contribution in [0.15, 0.2) is 0 Å². The average Bonchev–Trinajstić information content (AvgIpc) is 2.14. The molecule has 0 aromatic heterocycles. The molecule has 4 nitrogen and oxygen atoms in total. The molecule has 0 saturated heterocycles. The second kappa shape index (κ2) is 5.84. The lowest BCUT2D eigenvalue weighted by atomic mass is 11.7. The van der Waals surface area contributed by atoms with Crippen LogP contribution in [0.2, 0.25) is 12.2 Å². The summed E-state index contributed by atoms with van der Waals surface area (Å²) >= 11 is 0. The fourth-order valence-electron chi connectivity index (χ4n) is 0.828. The van der Waals surface area contributed by atoms with E-state index in [4.69, 9.17) is 18.4 Å². The Morgan fingerprint density at radius 3 is 2.00 bits per heavy atom. The molecule has 0 rings (SSSR count). The smallest absolute Gasteiger partial charge is 0.320 e. The minimum atomic E-state index is -1.94. The Kier molecular flexibility index (Phi) is 5.97. The topological polar surface area (TPSA) is 47.9 Å². The van der Waals surface area contributed by atoms with Gasteiger partial charge >= 0.3 is 9.28 Å². The first-order valence-electron chi connectivity index (χ1n) is 3.83. The predicted octanol–water partition coefficient (Wildman–Crippen LogP) is -0.208. The Balaban J connectivity index is 3.99. The van der Waals surface area contributed by atoms with Crippen molar-refractivity contribution < 1.29 is 18.4 Å². The summed E-state index contributed by atoms with van der Waals surface area (Å²) in [5, 5.41) is 9.07. The summed E-state index contributed by atoms with van der Waals surface area (Å²) in [7, 11) is 1.41. The summed E-state index contributed by atoms with van der Waals surface area (Å²) < 4.78 is 15.6. The highest BCUT2D eigenvalue weighted by molar-refractivity contribution is 6.81. The average molecular weight is 210 g/mol. The minimum Gasteiger partial charge on any atom is -0.418 e. The van der Waals surface area contributed by atoms with Gasteiger partial charge in [0.05, 0.1) is 6.23 Å². The van der Waals surface area contributed by atoms with Crippen LogP contribution in [-0.2, 0) is 13.3 Å². The second-order valence-corrected chi connectivity index (χ2v) is 9.98. The number of hydrogen-bond acceptors (Lipinski definition) is 4. The first kappa shape index (κ1) is 12.3. The SMILES string of the molecule is CO[SiH](C[Si](C)(CO)OC)OC. The summed E-state index contributed by atoms with van der Waals surface area (Å²) in [6.45, 7) is 1.98. The van der Waals surface area contributed by atoms with Crippen molar-refractivity contribution in [2.24, 2.45) is 0 Å². The van der Waals surface area contributed by atoms with Crippen molar-refractivity contribution >= 4 is 17.6 Å². The molecular formula is C6H18O4Si2. The van der Waals surface area contributed by atoms with Crippen molar-refractivity contribution in [2.75, 3.05) is 27.6 Å². The van der Waals surface area contributed by atoms with Crippen molar-refractivity contribution in [1.82, 2.24) is 0 Å². The largest absolute Gasteiger partial charge is 0.418 e. The highest BCUT2D eigenvalue weighted by atomic mass is 28.4. The molecule has 0 radical (unpaired) electrons. The molecule has 12 heavy (non-hydrogen) atoms. The van der Waals surface area contributed by atoms with Gasteiger partial charge in [-0.2, -0.15) is 0 Å². The van der Waals surface area contributed by atoms with Gasteiger partial charge in [-0.3, -0.25) is 0 Å². The van der Waals surface area contributed by atoms with Crippen molar-refractivity contribution in [3.8, 4) is 0 Å². The Bertz CT molecular complexity index is 114. The van der Waals surface area contributed by atoms with Crippen LogP contribution in [0.1, 0.15) is 0 Å². The highest BCUT2D eigenvalue weighted by Crippen LogP contribution is 2.12. The first-order valence-corrected chi connectivity index (χ1v) is 8.41. The van der Waals surface area contributed by atoms with Crippen molar-refractivity contribution in [2.45, 2.75) is 12.2 Å². The van der Waals surface area contributed by atoms with Crippen LogP contribution in [0.3, 0.4) is 0 Å². The Morgan fingerprint density at radius 2 is 1.75 bits per heavy atom. The molecule has 1 N–H and O–H groups in total. The molecule has 0 aliphatic heterocycles. The predicted molar refractivity (Wildman–Crippen MR) is 51.7 cm³/mol. The van der Waals surface area contributed by atoms with Crippen LogP contribution in [0.4, 0.5) is 0 Å². The molecule has 1 atom stereocenters. The number of aliphatic hydroxyl groups excluding tert-OH is 1. The third kappa shape index (κ3) is 3.79. The van der Waals surface area contributed by atoms with E-state index in [9.17, 15) is 0 Å². The van der Waals surface area contributed by atoms with Crippen LogP contribution in [0.5, 0.6) is 0 Å². The van der Waals surface area contributed by atoms with E-state index in [0.29, 0.717) is 0 Å². The number of hydrogen-bond donors (Lipinski definition) is 1. The normalized spacial score (nSPS) is 16.5. The summed E-state index contributed by atoms with van der Waals surface area (Å²) in [6, 6.07) is 0. The van der Waals surface area contributed by atoms with Crippen molar-refractivity contribution in [3.63, 3.8) is 0 Å². The fraction of sp³-hybridized carbons (Fsp3) is 1.00. The van der Waals surface area contributed by atoms with Gasteiger partial charge in [-0.05, 0) is 6.55 Å². The molecule has 0 aromatic carbocycles. The lowest BCUT2D eigenvalue weighted by Crippen LogP contribution is -2.44. The van der Waals surface area contributed by atoms with Crippen molar-refractivity contribution in [1.29, 1.82) is 0 Å². The maximum atomic E-state index is 9.07. The van der Waals surface area contributed by atoms with E-state index < -0.39 is 17.6 Å². The highest BCUT2D eigenvalue weighted by Gasteiger charge is 2.32. The van der Waals surface area contributed by atoms with E-state index in [0.717, 1.165) is 5.67 Å². The molecule has 0 aliphatic rings. The van der Waals surface area contributed by atoms with Gasteiger partial charge in [0, 0.05) is 27.0 Å². The molecule has 0 amide bonds. The third-order valence-corrected chi connectivity index (χ3v) is 9.45. The molecule has 0 bridgehead atoms. The molecule has 0 saturated carbocycles. The Morgan fingerprint density at radius 1 is 1.25 bits per heavy atom. The number of rotatable bonds is 6. The standard InChI is InChI=1S/C6H18O4Si2/c1-8-11(9-2)6-12(4,5-7)10-3/h7,11H,5-6H2,1-4H3. The molecule has 0 heterocycles. The maximum absolute atomic E-state index is 9.07. The van der Waals surface area contributed by atoms with Crippen LogP contribution in [-0.4, -0.2) is 50.3 Å². The monoisotopic (exact) mass is 210 g/mol. The van der Waals surface area contributed by atoms with Crippen molar-refractivity contribution in [3.05, 3.63) is 0 Å². The van der Waals surface area contributed by atoms with Gasteiger partial charge in [0.25, 0.3) is 0 Å². The number of aliphatic hydroxyl groups is 1. The van der Waals surface area contributed by atoms with E-state index >= 15 is 0 Å². The molecular weight excluding hydrogens is 192 g/mol. The maximum Gasteiger partial charge on any atom is 0.320 e. The van der Waals surface area contributed by atoms with Crippen LogP contribution in [0.25, 0.3) is 0 Å². The summed E-state index contributed by atoms with van der Waals surface area (Å²) in [6.07, 6.45) is 0.125. The molecule has 0 aromatic rings. The third-order valence-electron chi connectivity index (χ3n) is 1.95. The zero-order chi connectivity index (χ0) is 9.61. The zero-order valence-electron chi connectivity index (χ0n) is 8.16. The van der Waals surface area contributed by atoms with Gasteiger partial charge in [-0.1, -0.05) is 0 Å². The molecule has 1 unspecified atom stereocenters. The van der Waals surface area contributed by atoms with Gasteiger partial charge < -0.3 is 18.4 Å². The van der Waals surface area contributed by atoms with E-state index in [1.54, 1.807) is 21.3 Å². The lowest BCUT2D eigenvalue weighted by molar-refractivity contribution is 0.270. The van der Waals surface area contributed by atoms with E-state index in [2.05, 4.69) is 0 Å². The van der Waals surface area contributed by atoms with Crippen LogP contribution < -0.4 is 0 Å². The summed E-state index contributed by atoms with van der Waals surface area (Å²) in [5.74, 6) is 0. The minimum absolute atomic E-state index is 0.125. The Hall–Kier alpha value is 0.274. The fourth-order valence-corrected chi connectivity index (χ4v) is 6.49. The van der Waals surface area contributed by atoms with Crippen LogP contribution >= 0.6 is 0 Å². The molecule has 0 spiro atoms. The van der Waals surface area contributed by atoms with E-state index in [1.165, 1.54) is 0 Å². The zero-order valence-corrected chi connectivity index (χ0v) is 10.3. The molecule has 0 aliphatic carbocycles. The first-order chi connectivity index (χ1) is 5.61.